The van der Waals surface area contributed by atoms with Crippen molar-refractivity contribution in [1.82, 2.24) is 4.72 Å². The topological polar surface area (TPSA) is 89.3 Å². The highest BCUT2D eigenvalue weighted by molar-refractivity contribution is 8.01. The molecule has 116 valence electrons. The monoisotopic (exact) mass is 334 g/mol. The van der Waals surface area contributed by atoms with Crippen LogP contribution in [0.25, 0.3) is 0 Å². The summed E-state index contributed by atoms with van der Waals surface area (Å²) in [5, 5.41) is 10.9. The Hall–Kier alpha value is -1.19. The quantitative estimate of drug-likeness (QED) is 0.659. The van der Waals surface area contributed by atoms with E-state index in [-0.39, 0.29) is 11.3 Å². The molecule has 0 amide bonds. The maximum atomic E-state index is 13.5. The molecule has 1 N–H and O–H groups in total. The number of nitro benzene ring substituents is 1. The van der Waals surface area contributed by atoms with Crippen molar-refractivity contribution < 1.29 is 17.7 Å². The van der Waals surface area contributed by atoms with Crippen LogP contribution >= 0.6 is 11.8 Å². The van der Waals surface area contributed by atoms with Gasteiger partial charge in [0.05, 0.1) is 4.92 Å². The number of benzene rings is 1. The summed E-state index contributed by atoms with van der Waals surface area (Å²) in [6, 6.07) is 3.04. The van der Waals surface area contributed by atoms with E-state index in [1.807, 2.05) is 6.92 Å². The summed E-state index contributed by atoms with van der Waals surface area (Å²) in [5.74, 6) is -0.206. The number of nitrogens with one attached hydrogen (secondary N) is 1. The lowest BCUT2D eigenvalue weighted by molar-refractivity contribution is -0.390. The lowest BCUT2D eigenvalue weighted by Crippen LogP contribution is -2.37. The molecule has 2 rings (SSSR count). The fourth-order valence-electron chi connectivity index (χ4n) is 2.19. The Morgan fingerprint density at radius 2 is 2.24 bits per heavy atom. The van der Waals surface area contributed by atoms with Crippen molar-refractivity contribution in [2.75, 3.05) is 12.3 Å². The first-order valence-electron chi connectivity index (χ1n) is 6.32. The minimum absolute atomic E-state index is 0.160. The average molecular weight is 334 g/mol. The highest BCUT2D eigenvalue weighted by Crippen LogP contribution is 2.37. The fourth-order valence-corrected chi connectivity index (χ4v) is 4.88. The maximum absolute atomic E-state index is 13.5. The summed E-state index contributed by atoms with van der Waals surface area (Å²) in [5.41, 5.74) is -1.02. The molecule has 1 atom stereocenters. The Kier molecular flexibility index (Phi) is 4.54. The van der Waals surface area contributed by atoms with Gasteiger partial charge in [0.2, 0.25) is 15.8 Å². The number of nitrogens with zero attached hydrogens (tertiary/aromatic N) is 1. The van der Waals surface area contributed by atoms with Crippen LogP contribution in [0.2, 0.25) is 0 Å². The van der Waals surface area contributed by atoms with E-state index in [4.69, 9.17) is 0 Å². The zero-order valence-corrected chi connectivity index (χ0v) is 13.0. The predicted octanol–water partition coefficient (Wildman–Crippen LogP) is 2.30. The Morgan fingerprint density at radius 3 is 2.81 bits per heavy atom. The SMILES string of the molecule is CC1(CNS(=O)(=O)c2cccc(F)c2[N+](=O)[O-])CCCS1. The van der Waals surface area contributed by atoms with Gasteiger partial charge in [-0.25, -0.2) is 13.1 Å². The van der Waals surface area contributed by atoms with E-state index in [2.05, 4.69) is 4.72 Å². The van der Waals surface area contributed by atoms with Crippen molar-refractivity contribution in [3.63, 3.8) is 0 Å². The highest BCUT2D eigenvalue weighted by Gasteiger charge is 2.34. The molecule has 1 saturated heterocycles. The summed E-state index contributed by atoms with van der Waals surface area (Å²) >= 11 is 1.66. The first-order chi connectivity index (χ1) is 9.75. The Balaban J connectivity index is 2.28. The van der Waals surface area contributed by atoms with Crippen molar-refractivity contribution in [2.45, 2.75) is 29.4 Å². The summed E-state index contributed by atoms with van der Waals surface area (Å²) in [6.45, 7) is 2.10. The van der Waals surface area contributed by atoms with E-state index in [1.165, 1.54) is 0 Å². The van der Waals surface area contributed by atoms with Crippen LogP contribution in [0.4, 0.5) is 10.1 Å². The molecule has 0 aromatic heterocycles. The first-order valence-corrected chi connectivity index (χ1v) is 8.79. The summed E-state index contributed by atoms with van der Waals surface area (Å²) in [7, 11) is -4.13. The van der Waals surface area contributed by atoms with Gasteiger partial charge < -0.3 is 0 Å². The standard InChI is InChI=1S/C12H15FN2O4S2/c1-12(6-3-7-20-12)8-14-21(18,19)10-5-2-4-9(13)11(10)15(16)17/h2,4-5,14H,3,6-8H2,1H3. The van der Waals surface area contributed by atoms with Gasteiger partial charge in [-0.3, -0.25) is 10.1 Å². The van der Waals surface area contributed by atoms with Gasteiger partial charge in [0.1, 0.15) is 0 Å². The van der Waals surface area contributed by atoms with Gasteiger partial charge in [-0.15, -0.1) is 0 Å². The first kappa shape index (κ1) is 16.2. The molecule has 0 radical (unpaired) electrons. The smallest absolute Gasteiger partial charge is 0.258 e. The molecule has 1 aromatic rings. The van der Waals surface area contributed by atoms with Gasteiger partial charge in [-0.1, -0.05) is 6.07 Å². The van der Waals surface area contributed by atoms with Gasteiger partial charge in [0, 0.05) is 11.3 Å². The van der Waals surface area contributed by atoms with Gasteiger partial charge in [0.25, 0.3) is 0 Å². The van der Waals surface area contributed by atoms with E-state index in [9.17, 15) is 22.9 Å². The van der Waals surface area contributed by atoms with Crippen LogP contribution < -0.4 is 4.72 Å². The molecule has 9 heteroatoms. The minimum Gasteiger partial charge on any atom is -0.258 e. The minimum atomic E-state index is -4.13. The molecule has 6 nitrogen and oxygen atoms in total. The normalized spacial score (nSPS) is 22.4. The maximum Gasteiger partial charge on any atom is 0.324 e. The van der Waals surface area contributed by atoms with Crippen LogP contribution in [0, 0.1) is 15.9 Å². The van der Waals surface area contributed by atoms with E-state index in [1.54, 1.807) is 11.8 Å². The second kappa shape index (κ2) is 5.90. The summed E-state index contributed by atoms with van der Waals surface area (Å²) in [6.07, 6.45) is 1.87. The third-order valence-electron chi connectivity index (χ3n) is 3.36. The van der Waals surface area contributed by atoms with Crippen molar-refractivity contribution in [1.29, 1.82) is 0 Å². The van der Waals surface area contributed by atoms with Crippen molar-refractivity contribution >= 4 is 27.5 Å². The molecule has 1 aromatic carbocycles. The molecule has 1 fully saturated rings. The molecule has 0 spiro atoms. The number of nitro groups is 1. The molecule has 1 unspecified atom stereocenters. The Morgan fingerprint density at radius 1 is 1.52 bits per heavy atom. The number of rotatable bonds is 5. The average Bonchev–Trinajstić information content (AvgIpc) is 2.83. The van der Waals surface area contributed by atoms with Crippen LogP contribution in [-0.2, 0) is 10.0 Å². The summed E-state index contributed by atoms with van der Waals surface area (Å²) in [4.78, 5) is 9.22. The summed E-state index contributed by atoms with van der Waals surface area (Å²) < 4.78 is 40.1. The number of hydrogen-bond acceptors (Lipinski definition) is 5. The molecule has 1 heterocycles. The number of halogens is 1. The lowest BCUT2D eigenvalue weighted by atomic mass is 10.1. The fraction of sp³-hybridized carbons (Fsp3) is 0.500. The number of para-hydroxylation sites is 1. The Labute approximate surface area is 126 Å². The van der Waals surface area contributed by atoms with Crippen LogP contribution in [0.1, 0.15) is 19.8 Å². The third-order valence-corrected chi connectivity index (χ3v) is 6.33. The number of thioether (sulfide) groups is 1. The lowest BCUT2D eigenvalue weighted by Gasteiger charge is -2.22. The van der Waals surface area contributed by atoms with Crippen LogP contribution in [0.3, 0.4) is 0 Å². The zero-order valence-electron chi connectivity index (χ0n) is 11.3. The van der Waals surface area contributed by atoms with Crippen molar-refractivity contribution in [2.24, 2.45) is 0 Å². The number of hydrogen-bond donors (Lipinski definition) is 1. The molecular weight excluding hydrogens is 319 g/mol. The van der Waals surface area contributed by atoms with Crippen molar-refractivity contribution in [3.8, 4) is 0 Å². The van der Waals surface area contributed by atoms with Crippen LogP contribution in [-0.4, -0.2) is 30.4 Å². The van der Waals surface area contributed by atoms with E-state index >= 15 is 0 Å². The Bertz CT molecular complexity index is 657. The highest BCUT2D eigenvalue weighted by atomic mass is 32.2. The van der Waals surface area contributed by atoms with E-state index in [0.717, 1.165) is 36.8 Å². The molecule has 21 heavy (non-hydrogen) atoms. The predicted molar refractivity (Wildman–Crippen MR) is 78.3 cm³/mol. The van der Waals surface area contributed by atoms with Crippen molar-refractivity contribution in [3.05, 3.63) is 34.1 Å². The van der Waals surface area contributed by atoms with Gasteiger partial charge >= 0.3 is 5.69 Å². The molecule has 0 saturated carbocycles. The molecule has 0 aliphatic carbocycles. The van der Waals surface area contributed by atoms with E-state index < -0.39 is 31.3 Å². The molecule has 1 aliphatic rings. The largest absolute Gasteiger partial charge is 0.324 e. The zero-order chi connectivity index (χ0) is 15.7. The van der Waals surface area contributed by atoms with Crippen LogP contribution in [0.5, 0.6) is 0 Å². The van der Waals surface area contributed by atoms with Gasteiger partial charge in [-0.05, 0) is 37.7 Å². The van der Waals surface area contributed by atoms with E-state index in [0.29, 0.717) is 0 Å². The molecule has 1 aliphatic heterocycles. The molecular formula is C12H15FN2O4S2. The van der Waals surface area contributed by atoms with Gasteiger partial charge in [-0.2, -0.15) is 16.2 Å². The number of sulfonamides is 1. The third kappa shape index (κ3) is 3.53. The van der Waals surface area contributed by atoms with Gasteiger partial charge in [0.15, 0.2) is 4.90 Å². The second-order valence-corrected chi connectivity index (χ2v) is 8.49. The molecule has 0 bridgehead atoms. The van der Waals surface area contributed by atoms with Crippen LogP contribution in [0.15, 0.2) is 23.1 Å². The second-order valence-electron chi connectivity index (χ2n) is 5.07.